The number of methoxy groups -OCH3 is 2. The highest BCUT2D eigenvalue weighted by molar-refractivity contribution is 9.10. The molecule has 0 unspecified atom stereocenters. The summed E-state index contributed by atoms with van der Waals surface area (Å²) in [6, 6.07) is 7.01. The lowest BCUT2D eigenvalue weighted by Crippen LogP contribution is -2.10. The first kappa shape index (κ1) is 13.9. The van der Waals surface area contributed by atoms with Crippen LogP contribution in [0.3, 0.4) is 0 Å². The molecule has 6 heteroatoms. The zero-order valence-electron chi connectivity index (χ0n) is 10.4. The SMILES string of the molecule is COc1ccc(NC(=O)c2cc(Br)cs2)cc1OC. The Balaban J connectivity index is 2.17. The second-order valence-corrected chi connectivity index (χ2v) is 5.48. The van der Waals surface area contributed by atoms with Crippen LogP contribution in [0.2, 0.25) is 0 Å². The maximum Gasteiger partial charge on any atom is 0.265 e. The fraction of sp³-hybridized carbons (Fsp3) is 0.154. The van der Waals surface area contributed by atoms with Gasteiger partial charge in [-0.2, -0.15) is 0 Å². The number of carbonyl (C=O) groups is 1. The predicted octanol–water partition coefficient (Wildman–Crippen LogP) is 3.78. The van der Waals surface area contributed by atoms with E-state index in [9.17, 15) is 4.79 Å². The van der Waals surface area contributed by atoms with Gasteiger partial charge in [-0.1, -0.05) is 0 Å². The van der Waals surface area contributed by atoms with E-state index in [1.54, 1.807) is 38.5 Å². The highest BCUT2D eigenvalue weighted by Gasteiger charge is 2.10. The molecule has 0 bridgehead atoms. The molecule has 1 amide bonds. The van der Waals surface area contributed by atoms with Gasteiger partial charge in [-0.25, -0.2) is 0 Å². The Morgan fingerprint density at radius 3 is 2.53 bits per heavy atom. The maximum absolute atomic E-state index is 12.0. The van der Waals surface area contributed by atoms with Crippen molar-refractivity contribution >= 4 is 38.9 Å². The second kappa shape index (κ2) is 6.08. The highest BCUT2D eigenvalue weighted by atomic mass is 79.9. The summed E-state index contributed by atoms with van der Waals surface area (Å²) in [5.41, 5.74) is 0.659. The van der Waals surface area contributed by atoms with Crippen molar-refractivity contribution in [3.63, 3.8) is 0 Å². The molecule has 1 N–H and O–H groups in total. The zero-order valence-corrected chi connectivity index (χ0v) is 12.8. The van der Waals surface area contributed by atoms with Gasteiger partial charge >= 0.3 is 0 Å². The van der Waals surface area contributed by atoms with Crippen LogP contribution in [0.15, 0.2) is 34.1 Å². The van der Waals surface area contributed by atoms with Gasteiger partial charge in [-0.3, -0.25) is 4.79 Å². The molecule has 0 saturated heterocycles. The normalized spacial score (nSPS) is 10.1. The number of halogens is 1. The molecule has 1 aromatic carbocycles. The van der Waals surface area contributed by atoms with Crippen molar-refractivity contribution in [2.24, 2.45) is 0 Å². The number of nitrogens with one attached hydrogen (secondary N) is 1. The number of amides is 1. The van der Waals surface area contributed by atoms with Crippen LogP contribution >= 0.6 is 27.3 Å². The molecule has 2 aromatic rings. The van der Waals surface area contributed by atoms with E-state index in [1.807, 2.05) is 5.38 Å². The number of rotatable bonds is 4. The molecule has 100 valence electrons. The summed E-state index contributed by atoms with van der Waals surface area (Å²) >= 11 is 4.70. The molecule has 0 fully saturated rings. The topological polar surface area (TPSA) is 47.6 Å². The zero-order chi connectivity index (χ0) is 13.8. The Kier molecular flexibility index (Phi) is 4.44. The smallest absolute Gasteiger partial charge is 0.265 e. The van der Waals surface area contributed by atoms with Crippen molar-refractivity contribution in [3.8, 4) is 11.5 Å². The van der Waals surface area contributed by atoms with E-state index in [1.165, 1.54) is 11.3 Å². The van der Waals surface area contributed by atoms with Gasteiger partial charge in [0.15, 0.2) is 11.5 Å². The molecule has 1 aromatic heterocycles. The van der Waals surface area contributed by atoms with Gasteiger partial charge < -0.3 is 14.8 Å². The van der Waals surface area contributed by atoms with Crippen LogP contribution in [0.4, 0.5) is 5.69 Å². The van der Waals surface area contributed by atoms with Crippen LogP contribution < -0.4 is 14.8 Å². The van der Waals surface area contributed by atoms with E-state index in [0.717, 1.165) is 4.47 Å². The molecule has 0 atom stereocenters. The summed E-state index contributed by atoms with van der Waals surface area (Å²) in [6.07, 6.45) is 0. The summed E-state index contributed by atoms with van der Waals surface area (Å²) in [7, 11) is 3.12. The van der Waals surface area contributed by atoms with Crippen molar-refractivity contribution in [1.29, 1.82) is 0 Å². The Bertz CT molecular complexity index is 597. The molecule has 4 nitrogen and oxygen atoms in total. The second-order valence-electron chi connectivity index (χ2n) is 3.65. The van der Waals surface area contributed by atoms with Gasteiger partial charge in [0.05, 0.1) is 19.1 Å². The van der Waals surface area contributed by atoms with Gasteiger partial charge in [0.25, 0.3) is 5.91 Å². The lowest BCUT2D eigenvalue weighted by atomic mass is 10.2. The average molecular weight is 342 g/mol. The summed E-state index contributed by atoms with van der Waals surface area (Å²) in [6.45, 7) is 0. The third-order valence-corrected chi connectivity index (χ3v) is 4.12. The summed E-state index contributed by atoms with van der Waals surface area (Å²) < 4.78 is 11.2. The van der Waals surface area contributed by atoms with Gasteiger partial charge in [0, 0.05) is 21.6 Å². The van der Waals surface area contributed by atoms with Crippen LogP contribution in [0.25, 0.3) is 0 Å². The lowest BCUT2D eigenvalue weighted by Gasteiger charge is -2.10. The molecular formula is C13H12BrNO3S. The minimum Gasteiger partial charge on any atom is -0.493 e. The number of hydrogen-bond donors (Lipinski definition) is 1. The third kappa shape index (κ3) is 3.27. The third-order valence-electron chi connectivity index (χ3n) is 2.43. The van der Waals surface area contributed by atoms with E-state index in [-0.39, 0.29) is 5.91 Å². The van der Waals surface area contributed by atoms with Crippen molar-refractivity contribution in [1.82, 2.24) is 0 Å². The van der Waals surface area contributed by atoms with Crippen LogP contribution in [0, 0.1) is 0 Å². The molecular weight excluding hydrogens is 330 g/mol. The number of thiophene rings is 1. The fourth-order valence-corrected chi connectivity index (χ4v) is 2.86. The first-order valence-corrected chi connectivity index (χ1v) is 7.08. The van der Waals surface area contributed by atoms with E-state index in [2.05, 4.69) is 21.2 Å². The summed E-state index contributed by atoms with van der Waals surface area (Å²) in [4.78, 5) is 12.6. The maximum atomic E-state index is 12.0. The number of benzene rings is 1. The number of anilines is 1. The van der Waals surface area contributed by atoms with Crippen LogP contribution in [-0.4, -0.2) is 20.1 Å². The summed E-state index contributed by atoms with van der Waals surface area (Å²) in [5, 5.41) is 4.68. The number of hydrogen-bond acceptors (Lipinski definition) is 4. The molecule has 0 aliphatic carbocycles. The number of ether oxygens (including phenoxy) is 2. The Morgan fingerprint density at radius 1 is 1.21 bits per heavy atom. The summed E-state index contributed by atoms with van der Waals surface area (Å²) in [5.74, 6) is 1.05. The fourth-order valence-electron chi connectivity index (χ4n) is 1.54. The molecule has 0 aliphatic heterocycles. The molecule has 0 saturated carbocycles. The van der Waals surface area contributed by atoms with Crippen LogP contribution in [0.1, 0.15) is 9.67 Å². The molecule has 0 spiro atoms. The van der Waals surface area contributed by atoms with Gasteiger partial charge in [-0.05, 0) is 34.1 Å². The molecule has 2 rings (SSSR count). The lowest BCUT2D eigenvalue weighted by molar-refractivity contribution is 0.103. The van der Waals surface area contributed by atoms with Gasteiger partial charge in [-0.15, -0.1) is 11.3 Å². The predicted molar refractivity (Wildman–Crippen MR) is 79.5 cm³/mol. The van der Waals surface area contributed by atoms with Crippen molar-refractivity contribution < 1.29 is 14.3 Å². The average Bonchev–Trinajstić information content (AvgIpc) is 2.85. The van der Waals surface area contributed by atoms with E-state index in [0.29, 0.717) is 22.1 Å². The molecule has 1 heterocycles. The minimum absolute atomic E-state index is 0.150. The van der Waals surface area contributed by atoms with E-state index in [4.69, 9.17) is 9.47 Å². The largest absolute Gasteiger partial charge is 0.493 e. The van der Waals surface area contributed by atoms with E-state index >= 15 is 0 Å². The minimum atomic E-state index is -0.150. The molecule has 19 heavy (non-hydrogen) atoms. The van der Waals surface area contributed by atoms with Gasteiger partial charge in [0.2, 0.25) is 0 Å². The van der Waals surface area contributed by atoms with Crippen LogP contribution in [-0.2, 0) is 0 Å². The first-order chi connectivity index (χ1) is 9.13. The Hall–Kier alpha value is -1.53. The quantitative estimate of drug-likeness (QED) is 0.920. The monoisotopic (exact) mass is 341 g/mol. The van der Waals surface area contributed by atoms with Crippen molar-refractivity contribution in [2.75, 3.05) is 19.5 Å². The molecule has 0 aliphatic rings. The number of carbonyl (C=O) groups excluding carboxylic acids is 1. The van der Waals surface area contributed by atoms with Crippen molar-refractivity contribution in [2.45, 2.75) is 0 Å². The highest BCUT2D eigenvalue weighted by Crippen LogP contribution is 2.30. The Morgan fingerprint density at radius 2 is 1.95 bits per heavy atom. The van der Waals surface area contributed by atoms with Crippen molar-refractivity contribution in [3.05, 3.63) is 39.0 Å². The Labute approximate surface area is 123 Å². The van der Waals surface area contributed by atoms with Gasteiger partial charge in [0.1, 0.15) is 0 Å². The molecule has 0 radical (unpaired) electrons. The van der Waals surface area contributed by atoms with E-state index < -0.39 is 0 Å². The first-order valence-electron chi connectivity index (χ1n) is 5.41. The standard InChI is InChI=1S/C13H12BrNO3S/c1-17-10-4-3-9(6-11(10)18-2)15-13(16)12-5-8(14)7-19-12/h3-7H,1-2H3,(H,15,16). The van der Waals surface area contributed by atoms with Crippen LogP contribution in [0.5, 0.6) is 11.5 Å².